The number of para-hydroxylation sites is 3. The van der Waals surface area contributed by atoms with Crippen LogP contribution in [0.3, 0.4) is 0 Å². The maximum Gasteiger partial charge on any atom is 0.236 e. The molecule has 0 saturated heterocycles. The van der Waals surface area contributed by atoms with Gasteiger partial charge in [0.05, 0.1) is 11.0 Å². The first-order valence-corrected chi connectivity index (χ1v) is 16.1. The summed E-state index contributed by atoms with van der Waals surface area (Å²) in [4.78, 5) is 10.6. The molecule has 5 aromatic heterocycles. The lowest BCUT2D eigenvalue weighted by atomic mass is 10.1. The second kappa shape index (κ2) is 8.81. The largest absolute Gasteiger partial charge is 0.456 e. The Kier molecular flexibility index (Phi) is 4.66. The van der Waals surface area contributed by atoms with E-state index in [-0.39, 0.29) is 0 Å². The Labute approximate surface area is 264 Å². The van der Waals surface area contributed by atoms with Gasteiger partial charge in [0.25, 0.3) is 0 Å². The third-order valence-electron chi connectivity index (χ3n) is 9.23. The predicted molar refractivity (Wildman–Crippen MR) is 189 cm³/mol. The van der Waals surface area contributed by atoms with Crippen molar-refractivity contribution in [3.8, 4) is 17.2 Å². The Morgan fingerprint density at radius 1 is 0.478 bits per heavy atom. The van der Waals surface area contributed by atoms with Crippen LogP contribution in [0.4, 0.5) is 0 Å². The molecule has 11 aromatic rings. The Morgan fingerprint density at radius 3 is 2.09 bits per heavy atom. The Morgan fingerprint density at radius 2 is 1.20 bits per heavy atom. The molecule has 0 amide bonds. The minimum absolute atomic E-state index is 0.609. The molecule has 0 atom stereocenters. The lowest BCUT2D eigenvalue weighted by Gasteiger charge is -2.09. The van der Waals surface area contributed by atoms with Crippen LogP contribution in [0.25, 0.3) is 103 Å². The van der Waals surface area contributed by atoms with Gasteiger partial charge in [0.1, 0.15) is 28.0 Å². The Balaban J connectivity index is 1.26. The molecule has 0 N–H and O–H groups in total. The average Bonchev–Trinajstić information content (AvgIpc) is 3.85. The topological polar surface area (TPSA) is 57.0 Å². The van der Waals surface area contributed by atoms with Crippen molar-refractivity contribution in [2.45, 2.75) is 0 Å². The molecule has 5 heterocycles. The number of nitrogens with zero attached hydrogens (tertiary/aromatic N) is 3. The third kappa shape index (κ3) is 3.23. The minimum atomic E-state index is 0.609. The Bertz CT molecular complexity index is 3050. The molecular formula is C40H21N3O2S. The zero-order valence-corrected chi connectivity index (χ0v) is 25.0. The van der Waals surface area contributed by atoms with Crippen molar-refractivity contribution in [1.29, 1.82) is 0 Å². The van der Waals surface area contributed by atoms with Crippen LogP contribution in [0.2, 0.25) is 0 Å². The third-order valence-corrected chi connectivity index (χ3v) is 10.4. The van der Waals surface area contributed by atoms with Gasteiger partial charge in [-0.25, -0.2) is 9.97 Å². The van der Waals surface area contributed by atoms with Crippen LogP contribution in [0.5, 0.6) is 0 Å². The second-order valence-electron chi connectivity index (χ2n) is 11.8. The summed E-state index contributed by atoms with van der Waals surface area (Å²) in [6.45, 7) is 0. The quantitative estimate of drug-likeness (QED) is 0.196. The van der Waals surface area contributed by atoms with Crippen molar-refractivity contribution in [3.63, 3.8) is 0 Å². The van der Waals surface area contributed by atoms with E-state index in [2.05, 4.69) is 89.5 Å². The van der Waals surface area contributed by atoms with Gasteiger partial charge in [-0.05, 0) is 60.7 Å². The zero-order valence-electron chi connectivity index (χ0n) is 24.2. The van der Waals surface area contributed by atoms with E-state index >= 15 is 0 Å². The highest BCUT2D eigenvalue weighted by molar-refractivity contribution is 7.25. The van der Waals surface area contributed by atoms with E-state index in [0.717, 1.165) is 60.7 Å². The van der Waals surface area contributed by atoms with Gasteiger partial charge in [-0.3, -0.25) is 4.57 Å². The summed E-state index contributed by atoms with van der Waals surface area (Å²) >= 11 is 1.82. The summed E-state index contributed by atoms with van der Waals surface area (Å²) in [5, 5.41) is 7.99. The van der Waals surface area contributed by atoms with Crippen molar-refractivity contribution in [1.82, 2.24) is 14.5 Å². The summed E-state index contributed by atoms with van der Waals surface area (Å²) in [5.41, 5.74) is 7.79. The van der Waals surface area contributed by atoms with Gasteiger partial charge in [0.15, 0.2) is 5.58 Å². The molecule has 0 radical (unpaired) electrons. The van der Waals surface area contributed by atoms with E-state index in [1.165, 1.54) is 30.9 Å². The van der Waals surface area contributed by atoms with Gasteiger partial charge < -0.3 is 8.83 Å². The number of thiophene rings is 1. The highest BCUT2D eigenvalue weighted by atomic mass is 32.1. The summed E-state index contributed by atoms with van der Waals surface area (Å²) < 4.78 is 17.4. The van der Waals surface area contributed by atoms with Crippen molar-refractivity contribution < 1.29 is 8.83 Å². The monoisotopic (exact) mass is 607 g/mol. The predicted octanol–water partition coefficient (Wildman–Crippen LogP) is 11.4. The molecule has 0 fully saturated rings. The highest BCUT2D eigenvalue weighted by Gasteiger charge is 2.22. The van der Waals surface area contributed by atoms with Gasteiger partial charge in [-0.1, -0.05) is 66.7 Å². The standard InChI is InChI=1S/C40H21N3O2S/c1-5-13-30-23(9-1)27-20-29-25-11-4-8-16-35(25)46-36(29)21-31(27)43(30)40-41-37(39-38(42-40)26-12-3-7-15-33(26)45-39)22-17-18-34-28(19-22)24-10-2-6-14-32(24)44-34/h1-21H. The fourth-order valence-electron chi connectivity index (χ4n) is 7.15. The van der Waals surface area contributed by atoms with Crippen LogP contribution in [0, 0.1) is 0 Å². The fourth-order valence-corrected chi connectivity index (χ4v) is 8.27. The molecule has 0 aliphatic heterocycles. The number of aromatic nitrogens is 3. The van der Waals surface area contributed by atoms with Gasteiger partial charge in [-0.15, -0.1) is 11.3 Å². The molecule has 5 nitrogen and oxygen atoms in total. The van der Waals surface area contributed by atoms with Crippen molar-refractivity contribution in [3.05, 3.63) is 127 Å². The lowest BCUT2D eigenvalue weighted by Crippen LogP contribution is -2.02. The summed E-state index contributed by atoms with van der Waals surface area (Å²) in [5.74, 6) is 0.609. The fraction of sp³-hybridized carbons (Fsp3) is 0. The van der Waals surface area contributed by atoms with Gasteiger partial charge in [0, 0.05) is 52.7 Å². The van der Waals surface area contributed by atoms with Gasteiger partial charge in [-0.2, -0.15) is 0 Å². The first-order chi connectivity index (χ1) is 22.8. The first kappa shape index (κ1) is 24.4. The molecule has 6 aromatic carbocycles. The van der Waals surface area contributed by atoms with Gasteiger partial charge in [0.2, 0.25) is 5.95 Å². The number of furan rings is 2. The normalized spacial score (nSPS) is 12.3. The van der Waals surface area contributed by atoms with E-state index in [4.69, 9.17) is 18.8 Å². The summed E-state index contributed by atoms with van der Waals surface area (Å²) in [7, 11) is 0. The molecule has 0 unspecified atom stereocenters. The molecule has 0 saturated carbocycles. The molecule has 0 aliphatic carbocycles. The number of fused-ring (bicyclic) bond motifs is 12. The highest BCUT2D eigenvalue weighted by Crippen LogP contribution is 2.42. The second-order valence-corrected chi connectivity index (χ2v) is 12.9. The minimum Gasteiger partial charge on any atom is -0.456 e. The maximum absolute atomic E-state index is 6.50. The smallest absolute Gasteiger partial charge is 0.236 e. The first-order valence-electron chi connectivity index (χ1n) is 15.2. The van der Waals surface area contributed by atoms with E-state index in [1.54, 1.807) is 0 Å². The average molecular weight is 608 g/mol. The number of benzene rings is 6. The maximum atomic E-state index is 6.50. The molecule has 0 spiro atoms. The van der Waals surface area contributed by atoms with E-state index in [0.29, 0.717) is 11.5 Å². The van der Waals surface area contributed by atoms with Gasteiger partial charge >= 0.3 is 0 Å². The SMILES string of the molecule is c1ccc2c(c1)oc1ccc(-c3nc(-n4c5ccccc5c5cc6c(cc54)sc4ccccc46)nc4c3oc3ccccc34)cc12. The van der Waals surface area contributed by atoms with Crippen molar-refractivity contribution >= 4 is 97.3 Å². The van der Waals surface area contributed by atoms with E-state index in [9.17, 15) is 0 Å². The molecule has 11 rings (SSSR count). The van der Waals surface area contributed by atoms with E-state index in [1.807, 2.05) is 53.8 Å². The van der Waals surface area contributed by atoms with Crippen LogP contribution in [-0.4, -0.2) is 14.5 Å². The zero-order chi connectivity index (χ0) is 29.9. The Hall–Kier alpha value is -5.98. The number of hydrogen-bond acceptors (Lipinski definition) is 5. The molecule has 0 aliphatic rings. The molecule has 0 bridgehead atoms. The van der Waals surface area contributed by atoms with Crippen LogP contribution in [0.1, 0.15) is 0 Å². The molecule has 46 heavy (non-hydrogen) atoms. The van der Waals surface area contributed by atoms with Crippen LogP contribution < -0.4 is 0 Å². The van der Waals surface area contributed by atoms with Crippen LogP contribution in [0.15, 0.2) is 136 Å². The molecule has 214 valence electrons. The van der Waals surface area contributed by atoms with Crippen molar-refractivity contribution in [2.24, 2.45) is 0 Å². The van der Waals surface area contributed by atoms with E-state index < -0.39 is 0 Å². The van der Waals surface area contributed by atoms with Crippen LogP contribution >= 0.6 is 11.3 Å². The summed E-state index contributed by atoms with van der Waals surface area (Å²) in [6, 6.07) is 44.3. The lowest BCUT2D eigenvalue weighted by molar-refractivity contribution is 0.666. The number of hydrogen-bond donors (Lipinski definition) is 0. The van der Waals surface area contributed by atoms with Crippen molar-refractivity contribution in [2.75, 3.05) is 0 Å². The molecular weight excluding hydrogens is 587 g/mol. The summed E-state index contributed by atoms with van der Waals surface area (Å²) in [6.07, 6.45) is 0. The number of rotatable bonds is 2. The molecule has 6 heteroatoms. The van der Waals surface area contributed by atoms with Crippen LogP contribution in [-0.2, 0) is 0 Å².